The summed E-state index contributed by atoms with van der Waals surface area (Å²) in [7, 11) is 1.61. The van der Waals surface area contributed by atoms with Crippen LogP contribution in [0, 0.1) is 0 Å². The molecule has 0 radical (unpaired) electrons. The van der Waals surface area contributed by atoms with E-state index in [0.717, 1.165) is 11.1 Å². The summed E-state index contributed by atoms with van der Waals surface area (Å²) < 4.78 is 10.9. The number of hydrogen-bond acceptors (Lipinski definition) is 5. The zero-order valence-electron chi connectivity index (χ0n) is 15.2. The van der Waals surface area contributed by atoms with Crippen molar-refractivity contribution in [2.45, 2.75) is 33.1 Å². The van der Waals surface area contributed by atoms with Crippen LogP contribution >= 0.6 is 0 Å². The molecule has 3 rings (SSSR count). The Labute approximate surface area is 147 Å². The van der Waals surface area contributed by atoms with Gasteiger partial charge >= 0.3 is 0 Å². The largest absolute Gasteiger partial charge is 0.505 e. The van der Waals surface area contributed by atoms with Crippen LogP contribution in [-0.2, 0) is 5.41 Å². The Morgan fingerprint density at radius 3 is 2.40 bits per heavy atom. The maximum absolute atomic E-state index is 10.8. The van der Waals surface area contributed by atoms with Crippen molar-refractivity contribution in [2.24, 2.45) is 0 Å². The van der Waals surface area contributed by atoms with E-state index in [4.69, 9.17) is 9.47 Å². The lowest BCUT2D eigenvalue weighted by Gasteiger charge is -2.22. The maximum Gasteiger partial charge on any atom is 0.147 e. The molecule has 0 unspecified atom stereocenters. The predicted octanol–water partition coefficient (Wildman–Crippen LogP) is 3.83. The van der Waals surface area contributed by atoms with Crippen LogP contribution in [0.4, 0.5) is 0 Å². The smallest absolute Gasteiger partial charge is 0.147 e. The summed E-state index contributed by atoms with van der Waals surface area (Å²) in [5, 5.41) is 19.8. The van der Waals surface area contributed by atoms with E-state index < -0.39 is 0 Å². The van der Waals surface area contributed by atoms with Gasteiger partial charge < -0.3 is 14.6 Å². The van der Waals surface area contributed by atoms with E-state index >= 15 is 0 Å². The standard InChI is InChI=1S/C19H23N3O3/c1-6-25-13-9-14(19(2,3)4)18(23)17(11-13)22-20-15-8-7-12(24-5)10-16(15)21-22/h7-11,23H,6H2,1-5H3. The zero-order chi connectivity index (χ0) is 18.2. The molecule has 0 aliphatic rings. The Morgan fingerprint density at radius 1 is 1.04 bits per heavy atom. The highest BCUT2D eigenvalue weighted by atomic mass is 16.5. The minimum Gasteiger partial charge on any atom is -0.505 e. The van der Waals surface area contributed by atoms with Crippen LogP contribution in [-0.4, -0.2) is 33.8 Å². The van der Waals surface area contributed by atoms with Gasteiger partial charge in [0.1, 0.15) is 34.0 Å². The lowest BCUT2D eigenvalue weighted by molar-refractivity contribution is 0.337. The zero-order valence-corrected chi connectivity index (χ0v) is 15.2. The van der Waals surface area contributed by atoms with Gasteiger partial charge in [-0.3, -0.25) is 0 Å². The van der Waals surface area contributed by atoms with Gasteiger partial charge in [-0.25, -0.2) is 0 Å². The molecule has 0 atom stereocenters. The van der Waals surface area contributed by atoms with Crippen LogP contribution in [0.15, 0.2) is 30.3 Å². The highest BCUT2D eigenvalue weighted by Crippen LogP contribution is 2.38. The number of phenolic OH excluding ortho intramolecular Hbond substituents is 1. The van der Waals surface area contributed by atoms with Gasteiger partial charge in [-0.2, -0.15) is 0 Å². The number of methoxy groups -OCH3 is 1. The molecule has 1 aromatic heterocycles. The van der Waals surface area contributed by atoms with E-state index in [9.17, 15) is 5.11 Å². The Balaban J connectivity index is 2.20. The van der Waals surface area contributed by atoms with Crippen LogP contribution in [0.5, 0.6) is 17.2 Å². The van der Waals surface area contributed by atoms with Crippen LogP contribution in [0.1, 0.15) is 33.3 Å². The first-order valence-corrected chi connectivity index (χ1v) is 8.25. The van der Waals surface area contributed by atoms with E-state index in [2.05, 4.69) is 10.2 Å². The number of benzene rings is 2. The van der Waals surface area contributed by atoms with E-state index in [0.29, 0.717) is 29.3 Å². The topological polar surface area (TPSA) is 69.4 Å². The molecular formula is C19H23N3O3. The van der Waals surface area contributed by atoms with Crippen molar-refractivity contribution >= 4 is 11.0 Å². The Kier molecular flexibility index (Phi) is 4.29. The molecule has 0 bridgehead atoms. The molecule has 0 fully saturated rings. The molecule has 0 aliphatic carbocycles. The predicted molar refractivity (Wildman–Crippen MR) is 97.0 cm³/mol. The van der Waals surface area contributed by atoms with Crippen molar-refractivity contribution in [3.05, 3.63) is 35.9 Å². The van der Waals surface area contributed by atoms with Gasteiger partial charge in [0.05, 0.1) is 13.7 Å². The van der Waals surface area contributed by atoms with Gasteiger partial charge in [-0.05, 0) is 30.5 Å². The number of rotatable bonds is 4. The summed E-state index contributed by atoms with van der Waals surface area (Å²) in [5.74, 6) is 1.55. The van der Waals surface area contributed by atoms with Crippen LogP contribution in [0.25, 0.3) is 16.7 Å². The fraction of sp³-hybridized carbons (Fsp3) is 0.368. The average Bonchev–Trinajstić information content (AvgIpc) is 2.98. The highest BCUT2D eigenvalue weighted by molar-refractivity contribution is 5.76. The molecule has 0 amide bonds. The highest BCUT2D eigenvalue weighted by Gasteiger charge is 2.23. The van der Waals surface area contributed by atoms with Crippen LogP contribution in [0.2, 0.25) is 0 Å². The number of ether oxygens (including phenoxy) is 2. The van der Waals surface area contributed by atoms with Crippen molar-refractivity contribution in [1.82, 2.24) is 15.0 Å². The second-order valence-electron chi connectivity index (χ2n) is 6.87. The van der Waals surface area contributed by atoms with Crippen LogP contribution in [0.3, 0.4) is 0 Å². The summed E-state index contributed by atoms with van der Waals surface area (Å²) in [5.41, 5.74) is 2.44. The Hall–Kier alpha value is -2.76. The molecular weight excluding hydrogens is 318 g/mol. The van der Waals surface area contributed by atoms with Gasteiger partial charge in [0.2, 0.25) is 0 Å². The number of fused-ring (bicyclic) bond motifs is 1. The van der Waals surface area contributed by atoms with Gasteiger partial charge in [0.15, 0.2) is 0 Å². The molecule has 1 heterocycles. The molecule has 132 valence electrons. The minimum absolute atomic E-state index is 0.156. The first-order valence-electron chi connectivity index (χ1n) is 8.25. The van der Waals surface area contributed by atoms with Crippen molar-refractivity contribution in [3.8, 4) is 22.9 Å². The first-order chi connectivity index (χ1) is 11.8. The molecule has 3 aromatic rings. The van der Waals surface area contributed by atoms with Gasteiger partial charge in [0, 0.05) is 17.7 Å². The summed E-state index contributed by atoms with van der Waals surface area (Å²) in [6.45, 7) is 8.59. The number of aromatic hydroxyl groups is 1. The van der Waals surface area contributed by atoms with Crippen LogP contribution < -0.4 is 9.47 Å². The third-order valence-electron chi connectivity index (χ3n) is 3.99. The molecule has 2 aromatic carbocycles. The molecule has 0 aliphatic heterocycles. The lowest BCUT2D eigenvalue weighted by Crippen LogP contribution is -2.13. The van der Waals surface area contributed by atoms with Gasteiger partial charge in [0.25, 0.3) is 0 Å². The quantitative estimate of drug-likeness (QED) is 0.781. The van der Waals surface area contributed by atoms with E-state index in [1.807, 2.05) is 52.0 Å². The molecule has 6 heteroatoms. The number of nitrogens with zero attached hydrogens (tertiary/aromatic N) is 3. The lowest BCUT2D eigenvalue weighted by atomic mass is 9.86. The molecule has 0 saturated heterocycles. The monoisotopic (exact) mass is 341 g/mol. The van der Waals surface area contributed by atoms with Crippen molar-refractivity contribution < 1.29 is 14.6 Å². The van der Waals surface area contributed by atoms with Crippen molar-refractivity contribution in [3.63, 3.8) is 0 Å². The molecule has 0 spiro atoms. The third kappa shape index (κ3) is 3.24. The Bertz CT molecular complexity index is 910. The summed E-state index contributed by atoms with van der Waals surface area (Å²) in [6, 6.07) is 9.11. The molecule has 0 saturated carbocycles. The fourth-order valence-corrected chi connectivity index (χ4v) is 2.70. The normalized spacial score (nSPS) is 11.7. The second-order valence-corrected chi connectivity index (χ2v) is 6.87. The van der Waals surface area contributed by atoms with Crippen molar-refractivity contribution in [2.75, 3.05) is 13.7 Å². The first kappa shape index (κ1) is 17.1. The van der Waals surface area contributed by atoms with Gasteiger partial charge in [-0.1, -0.05) is 20.8 Å². The second kappa shape index (κ2) is 6.27. The van der Waals surface area contributed by atoms with E-state index in [1.54, 1.807) is 13.2 Å². The maximum atomic E-state index is 10.8. The average molecular weight is 341 g/mol. The number of phenols is 1. The van der Waals surface area contributed by atoms with E-state index in [-0.39, 0.29) is 11.2 Å². The third-order valence-corrected chi connectivity index (χ3v) is 3.99. The van der Waals surface area contributed by atoms with E-state index in [1.165, 1.54) is 4.80 Å². The summed E-state index contributed by atoms with van der Waals surface area (Å²) in [6.07, 6.45) is 0. The van der Waals surface area contributed by atoms with Crippen molar-refractivity contribution in [1.29, 1.82) is 0 Å². The minimum atomic E-state index is -0.248. The Morgan fingerprint density at radius 2 is 1.76 bits per heavy atom. The van der Waals surface area contributed by atoms with Gasteiger partial charge in [-0.15, -0.1) is 15.0 Å². The number of aromatic nitrogens is 3. The fourth-order valence-electron chi connectivity index (χ4n) is 2.70. The summed E-state index contributed by atoms with van der Waals surface area (Å²) >= 11 is 0. The number of hydrogen-bond donors (Lipinski definition) is 1. The SMILES string of the molecule is CCOc1cc(-n2nc3ccc(OC)cc3n2)c(O)c(C(C)(C)C)c1. The summed E-state index contributed by atoms with van der Waals surface area (Å²) in [4.78, 5) is 1.44. The molecule has 25 heavy (non-hydrogen) atoms. The molecule has 1 N–H and O–H groups in total. The molecule has 6 nitrogen and oxygen atoms in total.